The maximum Gasteiger partial charge on any atom is 0.266 e. The molecule has 1 heterocycles. The van der Waals surface area contributed by atoms with Gasteiger partial charge in [-0.1, -0.05) is 68.1 Å². The minimum absolute atomic E-state index is 0.0190. The summed E-state index contributed by atoms with van der Waals surface area (Å²) >= 11 is 1.10. The van der Waals surface area contributed by atoms with Gasteiger partial charge in [0.25, 0.3) is 5.56 Å². The fourth-order valence-corrected chi connectivity index (χ4v) is 4.51. The summed E-state index contributed by atoms with van der Waals surface area (Å²) in [5.74, 6) is -0.491. The maximum atomic E-state index is 14.6. The summed E-state index contributed by atoms with van der Waals surface area (Å²) in [6, 6.07) is 18.9. The first kappa shape index (κ1) is 22.7. The maximum absolute atomic E-state index is 14.6. The third-order valence-electron chi connectivity index (χ3n) is 5.36. The van der Waals surface area contributed by atoms with E-state index in [1.54, 1.807) is 36.4 Å². The highest BCUT2D eigenvalue weighted by Crippen LogP contribution is 2.28. The molecule has 33 heavy (non-hydrogen) atoms. The van der Waals surface area contributed by atoms with Crippen LogP contribution in [0.2, 0.25) is 0 Å². The Morgan fingerprint density at radius 1 is 1.06 bits per heavy atom. The molecule has 3 aromatic carbocycles. The second kappa shape index (κ2) is 9.58. The first-order valence-electron chi connectivity index (χ1n) is 10.7. The fourth-order valence-electron chi connectivity index (χ4n) is 3.70. The molecule has 1 amide bonds. The topological polar surface area (TPSA) is 64.0 Å². The fraction of sp³-hybridized carbons (Fsp3) is 0.192. The van der Waals surface area contributed by atoms with Crippen molar-refractivity contribution >= 4 is 34.3 Å². The SMILES string of the molecule is Cc1cccc(C(C)C)c1NC(=O)CSc1nc2ccccc2c(=O)n1-c1ccccc1F. The van der Waals surface area contributed by atoms with Crippen molar-refractivity contribution in [3.8, 4) is 5.69 Å². The number of nitrogens with one attached hydrogen (secondary N) is 1. The molecule has 5 nitrogen and oxygen atoms in total. The Morgan fingerprint density at radius 2 is 1.79 bits per heavy atom. The van der Waals surface area contributed by atoms with Gasteiger partial charge in [0.2, 0.25) is 5.91 Å². The molecule has 0 atom stereocenters. The molecule has 1 aromatic heterocycles. The molecule has 0 radical (unpaired) electrons. The summed E-state index contributed by atoms with van der Waals surface area (Å²) in [7, 11) is 0. The Kier molecular flexibility index (Phi) is 6.60. The smallest absolute Gasteiger partial charge is 0.266 e. The quantitative estimate of drug-likeness (QED) is 0.296. The van der Waals surface area contributed by atoms with Crippen LogP contribution in [-0.4, -0.2) is 21.2 Å². The zero-order valence-corrected chi connectivity index (χ0v) is 19.4. The summed E-state index contributed by atoms with van der Waals surface area (Å²) in [4.78, 5) is 30.7. The number of nitrogens with zero attached hydrogens (tertiary/aromatic N) is 2. The van der Waals surface area contributed by atoms with E-state index in [1.165, 1.54) is 16.7 Å². The second-order valence-electron chi connectivity index (χ2n) is 8.03. The Balaban J connectivity index is 1.69. The minimum Gasteiger partial charge on any atom is -0.325 e. The first-order chi connectivity index (χ1) is 15.9. The summed E-state index contributed by atoms with van der Waals surface area (Å²) < 4.78 is 15.8. The van der Waals surface area contributed by atoms with E-state index in [4.69, 9.17) is 0 Å². The molecule has 7 heteroatoms. The number of carbonyl (C=O) groups is 1. The molecule has 1 N–H and O–H groups in total. The summed E-state index contributed by atoms with van der Waals surface area (Å²) in [6.07, 6.45) is 0. The normalized spacial score (nSPS) is 11.2. The van der Waals surface area contributed by atoms with Gasteiger partial charge in [0.05, 0.1) is 22.3 Å². The molecule has 4 rings (SSSR count). The van der Waals surface area contributed by atoms with Crippen molar-refractivity contribution in [2.45, 2.75) is 31.8 Å². The van der Waals surface area contributed by atoms with Crippen LogP contribution in [0.5, 0.6) is 0 Å². The van der Waals surface area contributed by atoms with Gasteiger partial charge in [-0.3, -0.25) is 14.2 Å². The highest BCUT2D eigenvalue weighted by Gasteiger charge is 2.18. The number of hydrogen-bond donors (Lipinski definition) is 1. The number of aromatic nitrogens is 2. The van der Waals surface area contributed by atoms with E-state index >= 15 is 0 Å². The molecule has 0 saturated heterocycles. The molecule has 0 fully saturated rings. The lowest BCUT2D eigenvalue weighted by Crippen LogP contribution is -2.24. The van der Waals surface area contributed by atoms with Crippen LogP contribution in [0.15, 0.2) is 76.7 Å². The zero-order valence-electron chi connectivity index (χ0n) is 18.6. The first-order valence-corrected chi connectivity index (χ1v) is 11.6. The van der Waals surface area contributed by atoms with Gasteiger partial charge in [0, 0.05) is 5.69 Å². The van der Waals surface area contributed by atoms with Crippen molar-refractivity contribution in [1.82, 2.24) is 9.55 Å². The molecular formula is C26H24FN3O2S. The van der Waals surface area contributed by atoms with Gasteiger partial charge in [-0.15, -0.1) is 0 Å². The van der Waals surface area contributed by atoms with Gasteiger partial charge >= 0.3 is 0 Å². The Morgan fingerprint density at radius 3 is 2.55 bits per heavy atom. The Labute approximate surface area is 195 Å². The van der Waals surface area contributed by atoms with Gasteiger partial charge in [-0.2, -0.15) is 0 Å². The number of para-hydroxylation sites is 3. The van der Waals surface area contributed by atoms with Crippen LogP contribution >= 0.6 is 11.8 Å². The molecule has 168 valence electrons. The van der Waals surface area contributed by atoms with Crippen LogP contribution in [0.25, 0.3) is 16.6 Å². The highest BCUT2D eigenvalue weighted by atomic mass is 32.2. The lowest BCUT2D eigenvalue weighted by Gasteiger charge is -2.17. The molecular weight excluding hydrogens is 437 g/mol. The third kappa shape index (κ3) is 4.68. The Bertz CT molecular complexity index is 1400. The predicted octanol–water partition coefficient (Wildman–Crippen LogP) is 5.69. The van der Waals surface area contributed by atoms with E-state index in [-0.39, 0.29) is 34.0 Å². The number of benzene rings is 3. The van der Waals surface area contributed by atoms with Crippen LogP contribution < -0.4 is 10.9 Å². The van der Waals surface area contributed by atoms with E-state index < -0.39 is 5.82 Å². The van der Waals surface area contributed by atoms with Gasteiger partial charge in [0.1, 0.15) is 5.82 Å². The number of halogens is 1. The largest absolute Gasteiger partial charge is 0.325 e. The van der Waals surface area contributed by atoms with E-state index in [0.29, 0.717) is 10.9 Å². The average molecular weight is 462 g/mol. The van der Waals surface area contributed by atoms with Crippen molar-refractivity contribution in [1.29, 1.82) is 0 Å². The van der Waals surface area contributed by atoms with Crippen LogP contribution in [-0.2, 0) is 4.79 Å². The van der Waals surface area contributed by atoms with Gasteiger partial charge in [-0.05, 0) is 48.2 Å². The average Bonchev–Trinajstić information content (AvgIpc) is 2.80. The molecule has 0 saturated carbocycles. The van der Waals surface area contributed by atoms with Gasteiger partial charge in [0.15, 0.2) is 5.16 Å². The summed E-state index contributed by atoms with van der Waals surface area (Å²) in [5, 5.41) is 3.65. The predicted molar refractivity (Wildman–Crippen MR) is 132 cm³/mol. The van der Waals surface area contributed by atoms with Gasteiger partial charge < -0.3 is 5.32 Å². The van der Waals surface area contributed by atoms with E-state index in [2.05, 4.69) is 24.1 Å². The lowest BCUT2D eigenvalue weighted by atomic mass is 9.98. The summed E-state index contributed by atoms with van der Waals surface area (Å²) in [5.41, 5.74) is 3.06. The number of carbonyl (C=O) groups excluding carboxylic acids is 1. The zero-order chi connectivity index (χ0) is 23.5. The van der Waals surface area contributed by atoms with Crippen molar-refractivity contribution in [3.63, 3.8) is 0 Å². The molecule has 0 aliphatic heterocycles. The number of aryl methyl sites for hydroxylation is 1. The van der Waals surface area contributed by atoms with E-state index in [0.717, 1.165) is 28.6 Å². The van der Waals surface area contributed by atoms with E-state index in [9.17, 15) is 14.0 Å². The minimum atomic E-state index is -0.538. The standard InChI is InChI=1S/C26H24FN3O2S/c1-16(2)18-11-8-9-17(3)24(18)29-23(31)15-33-26-28-21-13-6-4-10-19(21)25(32)30(26)22-14-7-5-12-20(22)27/h4-14,16H,15H2,1-3H3,(H,29,31). The number of fused-ring (bicyclic) bond motifs is 1. The van der Waals surface area contributed by atoms with Crippen LogP contribution in [0.3, 0.4) is 0 Å². The monoisotopic (exact) mass is 461 g/mol. The number of thioether (sulfide) groups is 1. The number of amides is 1. The van der Waals surface area contributed by atoms with E-state index in [1.807, 2.05) is 25.1 Å². The molecule has 0 spiro atoms. The number of anilines is 1. The highest BCUT2D eigenvalue weighted by molar-refractivity contribution is 7.99. The second-order valence-corrected chi connectivity index (χ2v) is 8.98. The van der Waals surface area contributed by atoms with Crippen molar-refractivity contribution in [2.24, 2.45) is 0 Å². The molecule has 0 unspecified atom stereocenters. The van der Waals surface area contributed by atoms with Crippen LogP contribution in [0.4, 0.5) is 10.1 Å². The summed E-state index contributed by atoms with van der Waals surface area (Å²) in [6.45, 7) is 6.10. The molecule has 0 bridgehead atoms. The Hall–Kier alpha value is -3.45. The number of hydrogen-bond acceptors (Lipinski definition) is 4. The van der Waals surface area contributed by atoms with Crippen molar-refractivity contribution in [2.75, 3.05) is 11.1 Å². The van der Waals surface area contributed by atoms with Crippen molar-refractivity contribution < 1.29 is 9.18 Å². The van der Waals surface area contributed by atoms with Crippen LogP contribution in [0.1, 0.15) is 30.9 Å². The molecule has 4 aromatic rings. The molecule has 0 aliphatic carbocycles. The lowest BCUT2D eigenvalue weighted by molar-refractivity contribution is -0.113. The van der Waals surface area contributed by atoms with Gasteiger partial charge in [-0.25, -0.2) is 9.37 Å². The van der Waals surface area contributed by atoms with Crippen LogP contribution in [0, 0.1) is 12.7 Å². The molecule has 0 aliphatic rings. The van der Waals surface area contributed by atoms with Crippen molar-refractivity contribution in [3.05, 3.63) is 94.0 Å². The third-order valence-corrected chi connectivity index (χ3v) is 6.30. The number of rotatable bonds is 6.